The topological polar surface area (TPSA) is 97.7 Å². The number of hydrogen-bond acceptors (Lipinski definition) is 5. The molecule has 128 valence electrons. The maximum Gasteiger partial charge on any atom is 0.276 e. The first-order chi connectivity index (χ1) is 12.1. The molecule has 1 saturated carbocycles. The molecule has 1 aliphatic rings. The van der Waals surface area contributed by atoms with Crippen molar-refractivity contribution in [1.82, 2.24) is 25.0 Å². The smallest absolute Gasteiger partial charge is 0.276 e. The van der Waals surface area contributed by atoms with Crippen LogP contribution in [0.4, 0.5) is 5.95 Å². The van der Waals surface area contributed by atoms with Crippen LogP contribution in [0.1, 0.15) is 35.1 Å². The summed E-state index contributed by atoms with van der Waals surface area (Å²) in [4.78, 5) is 16.8. The Kier molecular flexibility index (Phi) is 3.72. The van der Waals surface area contributed by atoms with Crippen LogP contribution in [-0.2, 0) is 7.05 Å². The Morgan fingerprint density at radius 1 is 1.32 bits per heavy atom. The first-order valence-electron chi connectivity index (χ1n) is 8.06. The van der Waals surface area contributed by atoms with Crippen molar-refractivity contribution >= 4 is 11.9 Å². The Hall–Kier alpha value is -3.16. The number of nitrogens with one attached hydrogen (secondary N) is 2. The molecule has 0 saturated heterocycles. The van der Waals surface area contributed by atoms with Gasteiger partial charge in [0.2, 0.25) is 5.95 Å². The predicted molar refractivity (Wildman–Crippen MR) is 91.5 cm³/mol. The molecular formula is C17H18N6O2. The van der Waals surface area contributed by atoms with Crippen molar-refractivity contribution in [2.75, 3.05) is 12.4 Å². The van der Waals surface area contributed by atoms with Gasteiger partial charge in [0.25, 0.3) is 5.91 Å². The molecule has 3 aromatic rings. The van der Waals surface area contributed by atoms with Gasteiger partial charge in [-0.15, -0.1) is 5.10 Å². The molecule has 8 heteroatoms. The molecule has 25 heavy (non-hydrogen) atoms. The summed E-state index contributed by atoms with van der Waals surface area (Å²) >= 11 is 0. The van der Waals surface area contributed by atoms with Gasteiger partial charge >= 0.3 is 0 Å². The lowest BCUT2D eigenvalue weighted by Gasteiger charge is -2.00. The zero-order valence-electron chi connectivity index (χ0n) is 14.0. The summed E-state index contributed by atoms with van der Waals surface area (Å²) in [7, 11) is 3.35. The van der Waals surface area contributed by atoms with Crippen molar-refractivity contribution in [2.45, 2.75) is 18.8 Å². The van der Waals surface area contributed by atoms with E-state index < -0.39 is 0 Å². The molecule has 1 amide bonds. The summed E-state index contributed by atoms with van der Waals surface area (Å²) < 4.78 is 6.70. The Balaban J connectivity index is 1.52. The van der Waals surface area contributed by atoms with Gasteiger partial charge in [0, 0.05) is 18.5 Å². The van der Waals surface area contributed by atoms with Gasteiger partial charge in [0.15, 0.2) is 0 Å². The number of rotatable bonds is 5. The van der Waals surface area contributed by atoms with Gasteiger partial charge < -0.3 is 4.74 Å². The normalized spacial score (nSPS) is 13.7. The highest BCUT2D eigenvalue weighted by atomic mass is 16.5. The van der Waals surface area contributed by atoms with Gasteiger partial charge in [-0.3, -0.25) is 19.9 Å². The fourth-order valence-electron chi connectivity index (χ4n) is 2.62. The summed E-state index contributed by atoms with van der Waals surface area (Å²) in [5.74, 6) is 2.06. The van der Waals surface area contributed by atoms with E-state index in [-0.39, 0.29) is 5.91 Å². The van der Waals surface area contributed by atoms with Gasteiger partial charge in [0.1, 0.15) is 17.3 Å². The number of hydrogen-bond donors (Lipinski definition) is 2. The number of nitrogens with zero attached hydrogens (tertiary/aromatic N) is 4. The second-order valence-corrected chi connectivity index (χ2v) is 6.04. The number of carbonyl (C=O) groups is 1. The minimum Gasteiger partial charge on any atom is -0.497 e. The number of anilines is 1. The molecule has 1 aromatic carbocycles. The number of methoxy groups -OCH3 is 1. The van der Waals surface area contributed by atoms with E-state index in [2.05, 4.69) is 25.6 Å². The van der Waals surface area contributed by atoms with Crippen molar-refractivity contribution in [3.63, 3.8) is 0 Å². The Labute approximate surface area is 144 Å². The van der Waals surface area contributed by atoms with Crippen LogP contribution in [0.5, 0.6) is 5.75 Å². The molecule has 2 N–H and O–H groups in total. The van der Waals surface area contributed by atoms with E-state index in [1.165, 1.54) is 0 Å². The number of benzene rings is 1. The molecule has 2 heterocycles. The number of aryl methyl sites for hydroxylation is 1. The lowest BCUT2D eigenvalue weighted by Crippen LogP contribution is -2.16. The van der Waals surface area contributed by atoms with E-state index in [0.717, 1.165) is 30.0 Å². The lowest BCUT2D eigenvalue weighted by molar-refractivity contribution is 0.101. The molecule has 1 aliphatic carbocycles. The molecule has 0 spiro atoms. The van der Waals surface area contributed by atoms with Crippen LogP contribution < -0.4 is 10.1 Å². The van der Waals surface area contributed by atoms with Crippen LogP contribution >= 0.6 is 0 Å². The molecule has 0 radical (unpaired) electrons. The number of aromatic amines is 1. The maximum absolute atomic E-state index is 12.5. The zero-order chi connectivity index (χ0) is 17.4. The molecule has 1 fully saturated rings. The molecular weight excluding hydrogens is 320 g/mol. The zero-order valence-corrected chi connectivity index (χ0v) is 14.0. The Morgan fingerprint density at radius 2 is 2.08 bits per heavy atom. The number of ether oxygens (including phenoxy) is 1. The van der Waals surface area contributed by atoms with Crippen molar-refractivity contribution in [3.05, 3.63) is 41.9 Å². The van der Waals surface area contributed by atoms with Crippen LogP contribution in [0.3, 0.4) is 0 Å². The van der Waals surface area contributed by atoms with E-state index in [1.807, 2.05) is 24.3 Å². The quantitative estimate of drug-likeness (QED) is 0.744. The van der Waals surface area contributed by atoms with Crippen LogP contribution in [0.25, 0.3) is 11.3 Å². The Morgan fingerprint density at radius 3 is 2.76 bits per heavy atom. The van der Waals surface area contributed by atoms with Gasteiger partial charge in [-0.05, 0) is 43.2 Å². The average Bonchev–Trinajstić information content (AvgIpc) is 3.25. The lowest BCUT2D eigenvalue weighted by atomic mass is 10.1. The van der Waals surface area contributed by atoms with Crippen LogP contribution in [0.15, 0.2) is 30.3 Å². The molecule has 0 aliphatic heterocycles. The molecule has 2 aromatic heterocycles. The van der Waals surface area contributed by atoms with E-state index in [1.54, 1.807) is 24.9 Å². The van der Waals surface area contributed by atoms with E-state index in [4.69, 9.17) is 4.74 Å². The van der Waals surface area contributed by atoms with Gasteiger partial charge in [-0.2, -0.15) is 10.1 Å². The predicted octanol–water partition coefficient (Wildman–Crippen LogP) is 2.34. The standard InChI is InChI=1S/C17H18N6O2/c1-23-14(9-13(22-23)10-5-7-12(25-2)8-6-10)16(24)19-17-18-15(20-21-17)11-3-4-11/h5-9,11H,3-4H2,1-2H3,(H2,18,19,20,21,24). The third-order valence-corrected chi connectivity index (χ3v) is 4.19. The largest absolute Gasteiger partial charge is 0.497 e. The highest BCUT2D eigenvalue weighted by Crippen LogP contribution is 2.38. The number of H-pyrrole nitrogens is 1. The minimum absolute atomic E-state index is 0.291. The number of aromatic nitrogens is 5. The highest BCUT2D eigenvalue weighted by molar-refractivity contribution is 6.02. The SMILES string of the molecule is COc1ccc(-c2cc(C(=O)Nc3n[nH]c(C4CC4)n3)n(C)n2)cc1. The van der Waals surface area contributed by atoms with Gasteiger partial charge in [-0.25, -0.2) is 0 Å². The van der Waals surface area contributed by atoms with Crippen molar-refractivity contribution < 1.29 is 9.53 Å². The monoisotopic (exact) mass is 338 g/mol. The summed E-state index contributed by atoms with van der Waals surface area (Å²) in [6.45, 7) is 0. The fraction of sp³-hybridized carbons (Fsp3) is 0.294. The van der Waals surface area contributed by atoms with Crippen molar-refractivity contribution in [3.8, 4) is 17.0 Å². The average molecular weight is 338 g/mol. The molecule has 0 atom stereocenters. The molecule has 0 unspecified atom stereocenters. The van der Waals surface area contributed by atoms with Crippen molar-refractivity contribution in [2.24, 2.45) is 7.05 Å². The number of amides is 1. The van der Waals surface area contributed by atoms with Crippen LogP contribution in [0, 0.1) is 0 Å². The van der Waals surface area contributed by atoms with Crippen LogP contribution in [0.2, 0.25) is 0 Å². The van der Waals surface area contributed by atoms with E-state index in [9.17, 15) is 4.79 Å². The molecule has 4 rings (SSSR count). The summed E-state index contributed by atoms with van der Waals surface area (Å²) in [6, 6.07) is 9.26. The second kappa shape index (κ2) is 6.04. The highest BCUT2D eigenvalue weighted by Gasteiger charge is 2.27. The summed E-state index contributed by atoms with van der Waals surface area (Å²) in [6.07, 6.45) is 2.24. The second-order valence-electron chi connectivity index (χ2n) is 6.04. The summed E-state index contributed by atoms with van der Waals surface area (Å²) in [5.41, 5.74) is 2.05. The van der Waals surface area contributed by atoms with Crippen molar-refractivity contribution in [1.29, 1.82) is 0 Å². The first-order valence-corrected chi connectivity index (χ1v) is 8.06. The minimum atomic E-state index is -0.295. The summed E-state index contributed by atoms with van der Waals surface area (Å²) in [5, 5.41) is 14.0. The third-order valence-electron chi connectivity index (χ3n) is 4.19. The maximum atomic E-state index is 12.5. The number of carbonyl (C=O) groups excluding carboxylic acids is 1. The molecule has 8 nitrogen and oxygen atoms in total. The van der Waals surface area contributed by atoms with E-state index in [0.29, 0.717) is 23.3 Å². The van der Waals surface area contributed by atoms with Gasteiger partial charge in [0.05, 0.1) is 12.8 Å². The van der Waals surface area contributed by atoms with E-state index >= 15 is 0 Å². The van der Waals surface area contributed by atoms with Gasteiger partial charge in [-0.1, -0.05) is 0 Å². The first kappa shape index (κ1) is 15.4. The Bertz CT molecular complexity index is 908. The third kappa shape index (κ3) is 3.10. The van der Waals surface area contributed by atoms with Crippen LogP contribution in [-0.4, -0.2) is 38.0 Å². The molecule has 0 bridgehead atoms. The fourth-order valence-corrected chi connectivity index (χ4v) is 2.62.